The molecule has 1 aliphatic rings. The van der Waals surface area contributed by atoms with Gasteiger partial charge < -0.3 is 17.2 Å². The number of carbonyl (C=O) groups is 1. The Morgan fingerprint density at radius 3 is 2.61 bits per heavy atom. The molecular weight excluding hydrogens is 256 g/mol. The Labute approximate surface area is 104 Å². The number of aliphatic imine (C=N–C) groups is 1. The molecule has 8 heteroatoms. The largest absolute Gasteiger partial charge is 0.370 e. The number of carbonyl (C=O) groups excluding carboxylic acids is 1. The first-order chi connectivity index (χ1) is 8.31. The molecule has 0 saturated carbocycles. The van der Waals surface area contributed by atoms with Crippen molar-refractivity contribution < 1.29 is 13.2 Å². The van der Waals surface area contributed by atoms with Gasteiger partial charge in [-0.2, -0.15) is 4.99 Å². The summed E-state index contributed by atoms with van der Waals surface area (Å²) in [6.07, 6.45) is 0. The molecule has 0 saturated heterocycles. The lowest BCUT2D eigenvalue weighted by molar-refractivity contribution is 0.100. The molecule has 1 aromatic rings. The van der Waals surface area contributed by atoms with Gasteiger partial charge in [0.2, 0.25) is 0 Å². The highest BCUT2D eigenvalue weighted by Gasteiger charge is 2.33. The van der Waals surface area contributed by atoms with Crippen molar-refractivity contribution in [2.75, 3.05) is 5.75 Å². The summed E-state index contributed by atoms with van der Waals surface area (Å²) in [4.78, 5) is 15.0. The average Bonchev–Trinajstić information content (AvgIpc) is 2.48. The van der Waals surface area contributed by atoms with Crippen molar-refractivity contribution in [1.82, 2.24) is 0 Å². The third kappa shape index (κ3) is 2.07. The summed E-state index contributed by atoms with van der Waals surface area (Å²) >= 11 is 0. The molecule has 0 fully saturated rings. The molecule has 1 amide bonds. The molecule has 6 N–H and O–H groups in total. The smallest absolute Gasteiger partial charge is 0.280 e. The summed E-state index contributed by atoms with van der Waals surface area (Å²) in [5.74, 6) is -1.21. The van der Waals surface area contributed by atoms with Gasteiger partial charge in [0.05, 0.1) is 10.6 Å². The third-order valence-corrected chi connectivity index (χ3v) is 4.45. The maximum Gasteiger partial charge on any atom is 0.280 e. The summed E-state index contributed by atoms with van der Waals surface area (Å²) in [7, 11) is -3.43. The number of hydrogen-bond acceptors (Lipinski definition) is 4. The summed E-state index contributed by atoms with van der Waals surface area (Å²) in [5, 5.41) is 0. The number of nitrogens with zero attached hydrogens (tertiary/aromatic N) is 1. The van der Waals surface area contributed by atoms with Gasteiger partial charge in [0.15, 0.2) is 15.8 Å². The van der Waals surface area contributed by atoms with Gasteiger partial charge in [-0.15, -0.1) is 0 Å². The van der Waals surface area contributed by atoms with E-state index in [1.807, 2.05) is 0 Å². The Morgan fingerprint density at radius 1 is 1.33 bits per heavy atom. The lowest BCUT2D eigenvalue weighted by Gasteiger charge is -2.03. The van der Waals surface area contributed by atoms with Gasteiger partial charge in [-0.3, -0.25) is 4.79 Å². The quantitative estimate of drug-likeness (QED) is 0.435. The maximum absolute atomic E-state index is 11.8. The van der Waals surface area contributed by atoms with Gasteiger partial charge in [-0.1, -0.05) is 6.07 Å². The maximum atomic E-state index is 11.8. The molecule has 0 radical (unpaired) electrons. The second kappa shape index (κ2) is 4.07. The Morgan fingerprint density at radius 2 is 2.00 bits per heavy atom. The zero-order valence-corrected chi connectivity index (χ0v) is 10.1. The van der Waals surface area contributed by atoms with Crippen LogP contribution in [-0.4, -0.2) is 26.0 Å². The third-order valence-electron chi connectivity index (χ3n) is 2.62. The van der Waals surface area contributed by atoms with Crippen LogP contribution in [0.5, 0.6) is 0 Å². The van der Waals surface area contributed by atoms with Crippen molar-refractivity contribution in [1.29, 1.82) is 0 Å². The van der Waals surface area contributed by atoms with Crippen LogP contribution < -0.4 is 17.2 Å². The molecule has 1 aliphatic heterocycles. The predicted octanol–water partition coefficient (Wildman–Crippen LogP) is -1.11. The molecule has 0 aliphatic carbocycles. The molecule has 96 valence electrons. The molecule has 18 heavy (non-hydrogen) atoms. The van der Waals surface area contributed by atoms with Crippen molar-refractivity contribution in [3.63, 3.8) is 0 Å². The van der Waals surface area contributed by atoms with Crippen LogP contribution in [0.25, 0.3) is 0 Å². The molecule has 0 spiro atoms. The van der Waals surface area contributed by atoms with Gasteiger partial charge in [0.25, 0.3) is 5.91 Å². The van der Waals surface area contributed by atoms with Gasteiger partial charge in [0, 0.05) is 11.6 Å². The second-order valence-electron chi connectivity index (χ2n) is 3.98. The highest BCUT2D eigenvalue weighted by molar-refractivity contribution is 7.91. The van der Waals surface area contributed by atoms with Gasteiger partial charge in [-0.05, 0) is 17.7 Å². The molecule has 1 heterocycles. The van der Waals surface area contributed by atoms with E-state index < -0.39 is 21.8 Å². The number of hydrogen-bond donors (Lipinski definition) is 3. The van der Waals surface area contributed by atoms with E-state index in [-0.39, 0.29) is 22.2 Å². The van der Waals surface area contributed by atoms with E-state index in [0.29, 0.717) is 5.56 Å². The number of guanidine groups is 1. The molecule has 7 nitrogen and oxygen atoms in total. The summed E-state index contributed by atoms with van der Waals surface area (Å²) in [6.45, 7) is 0. The van der Waals surface area contributed by atoms with Crippen molar-refractivity contribution in [2.24, 2.45) is 22.2 Å². The van der Waals surface area contributed by atoms with Crippen molar-refractivity contribution in [3.05, 3.63) is 29.3 Å². The minimum Gasteiger partial charge on any atom is -0.370 e. The molecule has 0 aromatic heterocycles. The van der Waals surface area contributed by atoms with Crippen molar-refractivity contribution >= 4 is 21.7 Å². The standard InChI is InChI=1S/C10H12N4O3S/c11-7-4-18(16,17)8-3-5(1-2-6(7)8)9(15)14-10(12)13/h1-3,7H,4,11H2,(H4,12,13,14,15). The van der Waals surface area contributed by atoms with Gasteiger partial charge >= 0.3 is 0 Å². The molecular formula is C10H12N4O3S. The highest BCUT2D eigenvalue weighted by Crippen LogP contribution is 2.32. The van der Waals surface area contributed by atoms with Gasteiger partial charge in [0.1, 0.15) is 0 Å². The van der Waals surface area contributed by atoms with Crippen LogP contribution in [0.4, 0.5) is 0 Å². The topological polar surface area (TPSA) is 142 Å². The Hall–Kier alpha value is -1.93. The minimum absolute atomic E-state index is 0.0756. The van der Waals surface area contributed by atoms with E-state index in [0.717, 1.165) is 0 Å². The highest BCUT2D eigenvalue weighted by atomic mass is 32.2. The Kier molecular flexibility index (Phi) is 2.83. The molecule has 1 unspecified atom stereocenters. The number of fused-ring (bicyclic) bond motifs is 1. The molecule has 1 aromatic carbocycles. The number of benzene rings is 1. The van der Waals surface area contributed by atoms with Crippen LogP contribution in [0.1, 0.15) is 22.0 Å². The number of nitrogens with two attached hydrogens (primary N) is 3. The SMILES string of the molecule is NC(N)=NC(=O)c1ccc2c(c1)S(=O)(=O)CC2N. The van der Waals surface area contributed by atoms with E-state index in [2.05, 4.69) is 4.99 Å². The van der Waals surface area contributed by atoms with E-state index in [4.69, 9.17) is 17.2 Å². The average molecular weight is 268 g/mol. The van der Waals surface area contributed by atoms with E-state index in [1.165, 1.54) is 18.2 Å². The van der Waals surface area contributed by atoms with Crippen LogP contribution in [0, 0.1) is 0 Å². The fraction of sp³-hybridized carbons (Fsp3) is 0.200. The lowest BCUT2D eigenvalue weighted by Crippen LogP contribution is -2.24. The van der Waals surface area contributed by atoms with Crippen LogP contribution in [-0.2, 0) is 9.84 Å². The lowest BCUT2D eigenvalue weighted by atomic mass is 10.1. The molecule has 1 atom stereocenters. The molecule has 0 bridgehead atoms. The van der Waals surface area contributed by atoms with Gasteiger partial charge in [-0.25, -0.2) is 8.42 Å². The number of sulfone groups is 1. The minimum atomic E-state index is -3.43. The van der Waals surface area contributed by atoms with E-state index >= 15 is 0 Å². The van der Waals surface area contributed by atoms with Crippen LogP contribution in [0.3, 0.4) is 0 Å². The van der Waals surface area contributed by atoms with E-state index in [1.54, 1.807) is 0 Å². The van der Waals surface area contributed by atoms with Crippen LogP contribution >= 0.6 is 0 Å². The van der Waals surface area contributed by atoms with Crippen LogP contribution in [0.2, 0.25) is 0 Å². The molecule has 2 rings (SSSR count). The first-order valence-electron chi connectivity index (χ1n) is 5.07. The number of rotatable bonds is 1. The zero-order chi connectivity index (χ0) is 13.5. The van der Waals surface area contributed by atoms with E-state index in [9.17, 15) is 13.2 Å². The monoisotopic (exact) mass is 268 g/mol. The van der Waals surface area contributed by atoms with Crippen LogP contribution in [0.15, 0.2) is 28.1 Å². The fourth-order valence-electron chi connectivity index (χ4n) is 1.84. The fourth-order valence-corrected chi connectivity index (χ4v) is 3.56. The first kappa shape index (κ1) is 12.5. The second-order valence-corrected chi connectivity index (χ2v) is 5.98. The predicted molar refractivity (Wildman–Crippen MR) is 65.6 cm³/mol. The number of amides is 1. The Balaban J connectivity index is 2.52. The first-order valence-corrected chi connectivity index (χ1v) is 6.73. The summed E-state index contributed by atoms with van der Waals surface area (Å²) in [5.41, 5.74) is 16.5. The summed E-state index contributed by atoms with van der Waals surface area (Å²) < 4.78 is 23.6. The summed E-state index contributed by atoms with van der Waals surface area (Å²) in [6, 6.07) is 3.66. The van der Waals surface area contributed by atoms with Crippen molar-refractivity contribution in [2.45, 2.75) is 10.9 Å². The zero-order valence-electron chi connectivity index (χ0n) is 9.33. The Bertz CT molecular complexity index is 647. The van der Waals surface area contributed by atoms with Crippen molar-refractivity contribution in [3.8, 4) is 0 Å². The normalized spacial score (nSPS) is 20.2.